The number of hydrogen-bond acceptors (Lipinski definition) is 2. The number of rotatable bonds is 25. The Morgan fingerprint density at radius 1 is 0.580 bits per heavy atom. The molecule has 3 heteroatoms. The van der Waals surface area contributed by atoms with Crippen LogP contribution in [0, 0.1) is 17.1 Å². The molecule has 0 aliphatic heterocycles. The molecule has 0 aromatic heterocycles. The first-order valence-corrected chi connectivity index (χ1v) is 19.6. The number of ether oxygens (including phenoxy) is 1. The maximum atomic E-state index is 14.4. The normalized spacial score (nSPS) is 12.1. The van der Waals surface area contributed by atoms with E-state index in [0.717, 1.165) is 19.3 Å². The number of unbranched alkanes of at least 4 members (excludes halogenated alkanes) is 15. The molecule has 0 saturated heterocycles. The topological polar surface area (TPSA) is 33.0 Å². The van der Waals surface area contributed by atoms with Crippen LogP contribution in [0.2, 0.25) is 0 Å². The molecule has 0 aliphatic rings. The van der Waals surface area contributed by atoms with Crippen molar-refractivity contribution in [1.29, 1.82) is 5.26 Å². The zero-order chi connectivity index (χ0) is 35.1. The molecule has 0 N–H and O–H groups in total. The van der Waals surface area contributed by atoms with E-state index in [-0.39, 0.29) is 12.7 Å². The Bertz CT molecular complexity index is 1400. The molecule has 0 amide bonds. The molecule has 4 rings (SSSR count). The van der Waals surface area contributed by atoms with Crippen LogP contribution in [0.4, 0.5) is 4.39 Å². The third kappa shape index (κ3) is 12.9. The van der Waals surface area contributed by atoms with Crippen molar-refractivity contribution in [2.75, 3.05) is 0 Å². The highest BCUT2D eigenvalue weighted by molar-refractivity contribution is 5.50. The molecule has 0 saturated carbocycles. The second-order valence-corrected chi connectivity index (χ2v) is 14.2. The third-order valence-corrected chi connectivity index (χ3v) is 10.3. The van der Waals surface area contributed by atoms with E-state index in [4.69, 9.17) is 4.74 Å². The number of hydrogen-bond donors (Lipinski definition) is 0. The molecule has 0 unspecified atom stereocenters. The summed E-state index contributed by atoms with van der Waals surface area (Å²) >= 11 is 0. The van der Waals surface area contributed by atoms with Gasteiger partial charge in [-0.15, -0.1) is 0 Å². The van der Waals surface area contributed by atoms with Gasteiger partial charge in [-0.3, -0.25) is 0 Å². The fourth-order valence-electron chi connectivity index (χ4n) is 7.54. The first-order chi connectivity index (χ1) is 24.7. The minimum Gasteiger partial charge on any atom is -0.373 e. The van der Waals surface area contributed by atoms with Gasteiger partial charge in [0.15, 0.2) is 0 Å². The van der Waals surface area contributed by atoms with Gasteiger partial charge in [0.05, 0.1) is 24.3 Å². The van der Waals surface area contributed by atoms with Gasteiger partial charge in [0.2, 0.25) is 0 Å². The number of benzene rings is 4. The van der Waals surface area contributed by atoms with Gasteiger partial charge in [-0.25, -0.2) is 4.39 Å². The second-order valence-electron chi connectivity index (χ2n) is 14.2. The highest BCUT2D eigenvalue weighted by atomic mass is 19.1. The minimum absolute atomic E-state index is 0.0731. The predicted octanol–water partition coefficient (Wildman–Crippen LogP) is 13.7. The van der Waals surface area contributed by atoms with Gasteiger partial charge >= 0.3 is 0 Å². The van der Waals surface area contributed by atoms with Crippen LogP contribution in [0.15, 0.2) is 109 Å². The Balaban J connectivity index is 1.38. The van der Waals surface area contributed by atoms with E-state index in [0.29, 0.717) is 11.1 Å². The monoisotopic (exact) mass is 673 g/mol. The Morgan fingerprint density at radius 2 is 1.00 bits per heavy atom. The molecule has 0 spiro atoms. The van der Waals surface area contributed by atoms with Gasteiger partial charge in [0, 0.05) is 5.41 Å². The zero-order valence-corrected chi connectivity index (χ0v) is 30.6. The fourth-order valence-corrected chi connectivity index (χ4v) is 7.54. The van der Waals surface area contributed by atoms with E-state index in [1.807, 2.05) is 0 Å². The fraction of sp³-hybridized carbons (Fsp3) is 0.468. The maximum Gasteiger partial charge on any atom is 0.124 e. The average Bonchev–Trinajstić information content (AvgIpc) is 3.16. The molecular weight excluding hydrogens is 614 g/mol. The van der Waals surface area contributed by atoms with Crippen molar-refractivity contribution in [2.24, 2.45) is 0 Å². The van der Waals surface area contributed by atoms with Crippen molar-refractivity contribution in [2.45, 2.75) is 141 Å². The SMILES string of the molecule is CCCCCCCCCCCCCCCCCC[C@H](CC(c1ccccc1)(c1ccccc1)c1ccccc1)OCc1cc(F)cc(C#N)c1. The molecule has 4 aromatic rings. The summed E-state index contributed by atoms with van der Waals surface area (Å²) < 4.78 is 21.1. The summed E-state index contributed by atoms with van der Waals surface area (Å²) in [4.78, 5) is 0. The van der Waals surface area contributed by atoms with Gasteiger partial charge < -0.3 is 4.74 Å². The van der Waals surface area contributed by atoms with E-state index in [1.165, 1.54) is 125 Å². The quantitative estimate of drug-likeness (QED) is 0.0518. The first kappa shape index (κ1) is 39.1. The summed E-state index contributed by atoms with van der Waals surface area (Å²) in [6.45, 7) is 2.55. The van der Waals surface area contributed by atoms with Crippen molar-refractivity contribution < 1.29 is 9.13 Å². The summed E-state index contributed by atoms with van der Waals surface area (Å²) in [7, 11) is 0. The van der Waals surface area contributed by atoms with Gasteiger partial charge in [-0.2, -0.15) is 5.26 Å². The Morgan fingerprint density at radius 3 is 1.42 bits per heavy atom. The maximum absolute atomic E-state index is 14.4. The lowest BCUT2D eigenvalue weighted by atomic mass is 9.66. The Kier molecular flexibility index (Phi) is 17.9. The molecule has 0 radical (unpaired) electrons. The smallest absolute Gasteiger partial charge is 0.124 e. The molecule has 0 bridgehead atoms. The van der Waals surface area contributed by atoms with Gasteiger partial charge in [-0.1, -0.05) is 201 Å². The molecule has 4 aromatic carbocycles. The van der Waals surface area contributed by atoms with Crippen LogP contribution >= 0.6 is 0 Å². The van der Waals surface area contributed by atoms with E-state index >= 15 is 0 Å². The van der Waals surface area contributed by atoms with E-state index in [9.17, 15) is 9.65 Å². The van der Waals surface area contributed by atoms with Crippen LogP contribution in [0.1, 0.15) is 150 Å². The highest BCUT2D eigenvalue weighted by Gasteiger charge is 2.38. The van der Waals surface area contributed by atoms with Crippen LogP contribution in [0.25, 0.3) is 0 Å². The summed E-state index contributed by atoms with van der Waals surface area (Å²) in [6, 6.07) is 39.0. The van der Waals surface area contributed by atoms with Crippen LogP contribution in [0.3, 0.4) is 0 Å². The van der Waals surface area contributed by atoms with Crippen LogP contribution < -0.4 is 0 Å². The summed E-state index contributed by atoms with van der Waals surface area (Å²) in [6.07, 6.45) is 23.1. The van der Waals surface area contributed by atoms with Crippen molar-refractivity contribution in [3.8, 4) is 6.07 Å². The van der Waals surface area contributed by atoms with E-state index in [2.05, 4.69) is 104 Å². The Hall–Kier alpha value is -3.74. The lowest BCUT2D eigenvalue weighted by Crippen LogP contribution is -2.35. The molecular formula is C47H60FNO. The summed E-state index contributed by atoms with van der Waals surface area (Å²) in [5, 5.41) is 9.45. The Labute approximate surface area is 303 Å². The summed E-state index contributed by atoms with van der Waals surface area (Å²) in [5.74, 6) is -0.399. The molecule has 2 nitrogen and oxygen atoms in total. The molecule has 50 heavy (non-hydrogen) atoms. The molecule has 0 fully saturated rings. The number of nitriles is 1. The minimum atomic E-state index is -0.427. The highest BCUT2D eigenvalue weighted by Crippen LogP contribution is 2.44. The van der Waals surface area contributed by atoms with Crippen molar-refractivity contribution in [3.63, 3.8) is 0 Å². The average molecular weight is 674 g/mol. The van der Waals surface area contributed by atoms with Gasteiger partial charge in [0.1, 0.15) is 5.82 Å². The van der Waals surface area contributed by atoms with Crippen LogP contribution in [-0.2, 0) is 16.8 Å². The largest absolute Gasteiger partial charge is 0.373 e. The number of nitrogens with zero attached hydrogens (tertiary/aromatic N) is 1. The third-order valence-electron chi connectivity index (χ3n) is 10.3. The van der Waals surface area contributed by atoms with Crippen LogP contribution in [0.5, 0.6) is 0 Å². The summed E-state index contributed by atoms with van der Waals surface area (Å²) in [5.41, 5.74) is 4.29. The zero-order valence-electron chi connectivity index (χ0n) is 30.6. The lowest BCUT2D eigenvalue weighted by molar-refractivity contribution is 0.0192. The predicted molar refractivity (Wildman–Crippen MR) is 208 cm³/mol. The molecule has 266 valence electrons. The standard InChI is InChI=1S/C47H60FNO/c1-2-3-4-5-6-7-8-9-10-11-12-13-14-15-16-26-33-46(50-39-41-34-40(38-49)35-45(48)36-41)37-47(42-27-20-17-21-28-42,43-29-22-18-23-30-43)44-31-24-19-25-32-44/h17-25,27-32,34-36,46H,2-16,26,33,37,39H2,1H3/t46-/m1/s1. The van der Waals surface area contributed by atoms with Crippen molar-refractivity contribution in [3.05, 3.63) is 143 Å². The van der Waals surface area contributed by atoms with Gasteiger partial charge in [0.25, 0.3) is 0 Å². The second kappa shape index (κ2) is 22.9. The lowest BCUT2D eigenvalue weighted by Gasteiger charge is -2.39. The van der Waals surface area contributed by atoms with E-state index in [1.54, 1.807) is 6.07 Å². The van der Waals surface area contributed by atoms with Gasteiger partial charge in [-0.05, 0) is 53.3 Å². The molecule has 0 aliphatic carbocycles. The first-order valence-electron chi connectivity index (χ1n) is 19.6. The molecule has 0 heterocycles. The molecule has 1 atom stereocenters. The van der Waals surface area contributed by atoms with Crippen molar-refractivity contribution in [1.82, 2.24) is 0 Å². The van der Waals surface area contributed by atoms with Crippen LogP contribution in [-0.4, -0.2) is 6.10 Å². The number of halogens is 1. The van der Waals surface area contributed by atoms with E-state index < -0.39 is 11.2 Å². The van der Waals surface area contributed by atoms with Crippen molar-refractivity contribution >= 4 is 0 Å².